The predicted molar refractivity (Wildman–Crippen MR) is 72.7 cm³/mol. The van der Waals surface area contributed by atoms with Gasteiger partial charge >= 0.3 is 104 Å². The molecule has 1 rings (SSSR count). The number of unbranched alkanes of at least 4 members (excludes halogenated alkanes) is 1. The Morgan fingerprint density at radius 3 is 2.47 bits per heavy atom. The number of benzene rings is 1. The van der Waals surface area contributed by atoms with E-state index < -0.39 is 15.9 Å². The summed E-state index contributed by atoms with van der Waals surface area (Å²) in [5.41, 5.74) is 1.17. The van der Waals surface area contributed by atoms with Crippen molar-refractivity contribution in [3.8, 4) is 0 Å². The molecule has 0 radical (unpaired) electrons. The first-order valence-corrected chi connectivity index (χ1v) is 14.0. The van der Waals surface area contributed by atoms with Crippen LogP contribution >= 0.6 is 17.9 Å². The first kappa shape index (κ1) is 13.4. The van der Waals surface area contributed by atoms with Crippen molar-refractivity contribution in [3.05, 3.63) is 40.0 Å². The van der Waals surface area contributed by atoms with Crippen LogP contribution in [0.2, 0.25) is 4.47 Å². The van der Waals surface area contributed by atoms with E-state index in [4.69, 9.17) is 17.9 Å². The fourth-order valence-corrected chi connectivity index (χ4v) is 6.63. The molecule has 0 bridgehead atoms. The summed E-state index contributed by atoms with van der Waals surface area (Å²) in [5.74, 6) is 0. The Kier molecular flexibility index (Phi) is 6.09. The van der Waals surface area contributed by atoms with Crippen LogP contribution in [-0.2, 0) is 0 Å². The Morgan fingerprint density at radius 1 is 1.20 bits per heavy atom. The number of rotatable bonds is 5. The first-order valence-electron chi connectivity index (χ1n) is 5.07. The van der Waals surface area contributed by atoms with Crippen LogP contribution < -0.4 is 0 Å². The van der Waals surface area contributed by atoms with Crippen LogP contribution in [0, 0.1) is 0 Å². The summed E-state index contributed by atoms with van der Waals surface area (Å²) < 4.78 is 3.04. The number of halogens is 2. The third kappa shape index (κ3) is 5.83. The Bertz CT molecular complexity index is 307. The van der Waals surface area contributed by atoms with E-state index in [0.717, 1.165) is 17.3 Å². The van der Waals surface area contributed by atoms with Crippen LogP contribution in [0.15, 0.2) is 34.5 Å². The van der Waals surface area contributed by atoms with Crippen molar-refractivity contribution in [3.63, 3.8) is 0 Å². The molecule has 0 unspecified atom stereocenters. The molecule has 3 heteroatoms. The molecule has 0 aliphatic carbocycles. The molecule has 0 N–H and O–H groups in total. The van der Waals surface area contributed by atoms with E-state index in [-0.39, 0.29) is 0 Å². The van der Waals surface area contributed by atoms with E-state index in [1.807, 2.05) is 18.2 Å². The molecule has 0 aromatic heterocycles. The van der Waals surface area contributed by atoms with Gasteiger partial charge in [-0.15, -0.1) is 0 Å². The molecule has 0 spiro atoms. The summed E-state index contributed by atoms with van der Waals surface area (Å²) in [5, 5.41) is 0. The van der Waals surface area contributed by atoms with Gasteiger partial charge in [-0.1, -0.05) is 0 Å². The van der Waals surface area contributed by atoms with Gasteiger partial charge in [-0.3, -0.25) is 0 Å². The predicted octanol–water partition coefficient (Wildman–Crippen LogP) is 4.96. The minimum absolute atomic E-state index is 0.992. The monoisotopic (exact) mass is 360 g/mol. The molecular formula is C12H16Cl2Te. The molecule has 0 nitrogen and oxygen atoms in total. The molecule has 0 amide bonds. The minimum atomic E-state index is -2.66. The van der Waals surface area contributed by atoms with Gasteiger partial charge in [0.25, 0.3) is 0 Å². The van der Waals surface area contributed by atoms with Crippen molar-refractivity contribution in [1.82, 2.24) is 0 Å². The van der Waals surface area contributed by atoms with E-state index in [1.54, 1.807) is 0 Å². The van der Waals surface area contributed by atoms with Crippen LogP contribution in [0.5, 0.6) is 0 Å². The van der Waals surface area contributed by atoms with E-state index >= 15 is 0 Å². The fraction of sp³-hybridized carbons (Fsp3) is 0.333. The molecule has 1 aromatic rings. The fourth-order valence-electron chi connectivity index (χ4n) is 1.15. The zero-order valence-corrected chi connectivity index (χ0v) is 12.7. The van der Waals surface area contributed by atoms with E-state index in [1.165, 1.54) is 5.56 Å². The molecule has 0 atom stereocenters. The van der Waals surface area contributed by atoms with E-state index in [0.29, 0.717) is 0 Å². The normalized spacial score (nSPS) is 13.3. The zero-order chi connectivity index (χ0) is 11.1. The van der Waals surface area contributed by atoms with Crippen molar-refractivity contribution in [2.24, 2.45) is 0 Å². The SMILES string of the molecule is CCCC[Te](Cl)(Cl)/C=C\c1ccccc1. The van der Waals surface area contributed by atoms with Gasteiger partial charge in [-0.2, -0.15) is 0 Å². The quantitative estimate of drug-likeness (QED) is 0.653. The van der Waals surface area contributed by atoms with Gasteiger partial charge in [0.05, 0.1) is 0 Å². The average Bonchev–Trinajstić information content (AvgIpc) is 2.25. The first-order chi connectivity index (χ1) is 7.14. The van der Waals surface area contributed by atoms with Crippen LogP contribution in [-0.4, -0.2) is 15.9 Å². The van der Waals surface area contributed by atoms with Gasteiger partial charge in [0.2, 0.25) is 0 Å². The third-order valence-electron chi connectivity index (χ3n) is 2.03. The van der Waals surface area contributed by atoms with Gasteiger partial charge < -0.3 is 0 Å². The Hall–Kier alpha value is 0.330. The van der Waals surface area contributed by atoms with Crippen LogP contribution in [0.1, 0.15) is 25.3 Å². The van der Waals surface area contributed by atoms with Crippen molar-refractivity contribution in [1.29, 1.82) is 0 Å². The Morgan fingerprint density at radius 2 is 1.87 bits per heavy atom. The second kappa shape index (κ2) is 6.81. The van der Waals surface area contributed by atoms with Gasteiger partial charge in [0.1, 0.15) is 0 Å². The molecule has 0 fully saturated rings. The second-order valence-electron chi connectivity index (χ2n) is 3.39. The summed E-state index contributed by atoms with van der Waals surface area (Å²) in [6.07, 6.45) is 4.34. The van der Waals surface area contributed by atoms with Crippen LogP contribution in [0.3, 0.4) is 0 Å². The average molecular weight is 359 g/mol. The maximum absolute atomic E-state index is 6.33. The molecule has 0 aliphatic rings. The molecule has 0 saturated heterocycles. The summed E-state index contributed by atoms with van der Waals surface area (Å²) in [4.78, 5) is 0. The van der Waals surface area contributed by atoms with E-state index in [9.17, 15) is 0 Å². The maximum atomic E-state index is 6.33. The second-order valence-corrected chi connectivity index (χ2v) is 17.3. The van der Waals surface area contributed by atoms with Gasteiger partial charge in [-0.05, 0) is 0 Å². The molecule has 0 saturated carbocycles. The number of hydrogen-bond acceptors (Lipinski definition) is 0. The van der Waals surface area contributed by atoms with Crippen LogP contribution in [0.25, 0.3) is 6.08 Å². The summed E-state index contributed by atoms with van der Waals surface area (Å²) in [6, 6.07) is 10.2. The van der Waals surface area contributed by atoms with Gasteiger partial charge in [0, 0.05) is 0 Å². The standard InChI is InChI=1S/C12H16Cl2Te/c1-2-3-10-15(13,14)11-9-12-7-5-4-6-8-12/h4-9,11H,2-3,10H2,1H3/b11-9-. The van der Waals surface area contributed by atoms with E-state index in [2.05, 4.69) is 29.3 Å². The Labute approximate surface area is 104 Å². The molecule has 15 heavy (non-hydrogen) atoms. The molecule has 1 aromatic carbocycles. The topological polar surface area (TPSA) is 0 Å². The summed E-state index contributed by atoms with van der Waals surface area (Å²) >= 11 is -2.66. The van der Waals surface area contributed by atoms with Gasteiger partial charge in [0.15, 0.2) is 0 Å². The van der Waals surface area contributed by atoms with Crippen molar-refractivity contribution >= 4 is 39.9 Å². The van der Waals surface area contributed by atoms with Crippen LogP contribution in [0.4, 0.5) is 0 Å². The van der Waals surface area contributed by atoms with Crippen molar-refractivity contribution in [2.45, 2.75) is 24.2 Å². The summed E-state index contributed by atoms with van der Waals surface area (Å²) in [6.45, 7) is 2.16. The van der Waals surface area contributed by atoms with Crippen molar-refractivity contribution in [2.75, 3.05) is 0 Å². The summed E-state index contributed by atoms with van der Waals surface area (Å²) in [7, 11) is 12.7. The number of hydrogen-bond donors (Lipinski definition) is 0. The molecular weight excluding hydrogens is 343 g/mol. The molecule has 84 valence electrons. The zero-order valence-electron chi connectivity index (χ0n) is 8.83. The van der Waals surface area contributed by atoms with Crippen molar-refractivity contribution < 1.29 is 0 Å². The molecule has 0 aliphatic heterocycles. The third-order valence-corrected chi connectivity index (χ3v) is 9.38. The van der Waals surface area contributed by atoms with Gasteiger partial charge in [-0.25, -0.2) is 0 Å². The Balaban J connectivity index is 2.56. The molecule has 0 heterocycles.